The Kier molecular flexibility index (Phi) is 3.12. The number of hydrogen-bond acceptors (Lipinski definition) is 2. The fourth-order valence-electron chi connectivity index (χ4n) is 4.01. The molecule has 1 heterocycles. The maximum atomic E-state index is 12.2. The van der Waals surface area contributed by atoms with E-state index >= 15 is 0 Å². The second-order valence-electron chi connectivity index (χ2n) is 6.43. The van der Waals surface area contributed by atoms with Crippen LogP contribution in [0, 0.1) is 17.8 Å². The molecule has 0 aromatic rings. The molecule has 0 spiro atoms. The molecule has 17 heavy (non-hydrogen) atoms. The molecule has 1 saturated heterocycles. The Hall–Kier alpha value is -0.570. The number of piperidine rings is 1. The van der Waals surface area contributed by atoms with Crippen molar-refractivity contribution in [1.29, 1.82) is 0 Å². The van der Waals surface area contributed by atoms with Crippen LogP contribution in [0.3, 0.4) is 0 Å². The maximum Gasteiger partial charge on any atom is 0.237 e. The van der Waals surface area contributed by atoms with Gasteiger partial charge in [-0.25, -0.2) is 0 Å². The van der Waals surface area contributed by atoms with E-state index in [1.807, 2.05) is 0 Å². The molecular weight excluding hydrogens is 212 g/mol. The summed E-state index contributed by atoms with van der Waals surface area (Å²) in [5, 5.41) is 6.65. The van der Waals surface area contributed by atoms with Crippen LogP contribution in [0.1, 0.15) is 45.4 Å². The first-order chi connectivity index (χ1) is 8.22. The van der Waals surface area contributed by atoms with E-state index < -0.39 is 0 Å². The standard InChI is InChI=1S/C14H24N2O/c1-9-4-5-15-13(6-9)14(17)16-12-8-10-2-3-11(12)7-10/h9-13,15H,2-8H2,1H3,(H,16,17). The van der Waals surface area contributed by atoms with Gasteiger partial charge in [-0.3, -0.25) is 4.79 Å². The quantitative estimate of drug-likeness (QED) is 0.766. The lowest BCUT2D eigenvalue weighted by Gasteiger charge is -2.30. The summed E-state index contributed by atoms with van der Waals surface area (Å²) in [6.07, 6.45) is 7.54. The molecule has 3 aliphatic rings. The van der Waals surface area contributed by atoms with Gasteiger partial charge in [0.05, 0.1) is 6.04 Å². The Morgan fingerprint density at radius 2 is 2.06 bits per heavy atom. The van der Waals surface area contributed by atoms with E-state index in [-0.39, 0.29) is 11.9 Å². The predicted octanol–water partition coefficient (Wildman–Crippen LogP) is 1.68. The molecule has 2 saturated carbocycles. The van der Waals surface area contributed by atoms with Crippen LogP contribution in [0.4, 0.5) is 0 Å². The minimum Gasteiger partial charge on any atom is -0.352 e. The molecule has 3 nitrogen and oxygen atoms in total. The summed E-state index contributed by atoms with van der Waals surface area (Å²) >= 11 is 0. The zero-order valence-electron chi connectivity index (χ0n) is 10.7. The maximum absolute atomic E-state index is 12.2. The largest absolute Gasteiger partial charge is 0.352 e. The summed E-state index contributed by atoms with van der Waals surface area (Å²) < 4.78 is 0. The Morgan fingerprint density at radius 3 is 2.71 bits per heavy atom. The fraction of sp³-hybridized carbons (Fsp3) is 0.929. The van der Waals surface area contributed by atoms with Gasteiger partial charge in [-0.1, -0.05) is 13.3 Å². The van der Waals surface area contributed by atoms with Crippen LogP contribution in [0.5, 0.6) is 0 Å². The highest BCUT2D eigenvalue weighted by Gasteiger charge is 2.40. The van der Waals surface area contributed by atoms with Gasteiger partial charge in [0.1, 0.15) is 0 Å². The number of carbonyl (C=O) groups excluding carboxylic acids is 1. The third-order valence-electron chi connectivity index (χ3n) is 5.05. The molecule has 5 atom stereocenters. The lowest BCUT2D eigenvalue weighted by molar-refractivity contribution is -0.125. The first kappa shape index (κ1) is 11.5. The number of fused-ring (bicyclic) bond motifs is 2. The van der Waals surface area contributed by atoms with Crippen molar-refractivity contribution in [2.45, 2.75) is 57.5 Å². The third kappa shape index (κ3) is 2.35. The van der Waals surface area contributed by atoms with Crippen molar-refractivity contribution in [1.82, 2.24) is 10.6 Å². The van der Waals surface area contributed by atoms with Gasteiger partial charge in [0.15, 0.2) is 0 Å². The summed E-state index contributed by atoms with van der Waals surface area (Å²) in [6, 6.07) is 0.554. The summed E-state index contributed by atoms with van der Waals surface area (Å²) in [4.78, 5) is 12.2. The van der Waals surface area contributed by atoms with Crippen molar-refractivity contribution in [3.63, 3.8) is 0 Å². The van der Waals surface area contributed by atoms with E-state index in [9.17, 15) is 4.79 Å². The van der Waals surface area contributed by atoms with Crippen molar-refractivity contribution < 1.29 is 4.79 Å². The van der Waals surface area contributed by atoms with E-state index in [0.29, 0.717) is 12.0 Å². The highest BCUT2D eigenvalue weighted by atomic mass is 16.2. The van der Waals surface area contributed by atoms with Gasteiger partial charge in [0, 0.05) is 6.04 Å². The lowest BCUT2D eigenvalue weighted by atomic mass is 9.92. The van der Waals surface area contributed by atoms with Crippen LogP contribution in [-0.4, -0.2) is 24.5 Å². The van der Waals surface area contributed by atoms with E-state index in [1.54, 1.807) is 0 Å². The van der Waals surface area contributed by atoms with Crippen LogP contribution in [0.25, 0.3) is 0 Å². The van der Waals surface area contributed by atoms with Gasteiger partial charge in [0.25, 0.3) is 0 Å². The highest BCUT2D eigenvalue weighted by Crippen LogP contribution is 2.44. The zero-order valence-corrected chi connectivity index (χ0v) is 10.7. The average Bonchev–Trinajstić information content (AvgIpc) is 2.91. The van der Waals surface area contributed by atoms with Gasteiger partial charge in [-0.2, -0.15) is 0 Å². The van der Waals surface area contributed by atoms with Crippen molar-refractivity contribution in [2.24, 2.45) is 17.8 Å². The van der Waals surface area contributed by atoms with Gasteiger partial charge < -0.3 is 10.6 Å². The Balaban J connectivity index is 1.53. The van der Waals surface area contributed by atoms with E-state index in [2.05, 4.69) is 17.6 Å². The van der Waals surface area contributed by atoms with Crippen LogP contribution in [0.2, 0.25) is 0 Å². The molecule has 1 amide bonds. The zero-order chi connectivity index (χ0) is 11.8. The second kappa shape index (κ2) is 4.60. The molecule has 0 aromatic heterocycles. The fourth-order valence-corrected chi connectivity index (χ4v) is 4.01. The molecule has 3 heteroatoms. The second-order valence-corrected chi connectivity index (χ2v) is 6.43. The Bertz CT molecular complexity index is 305. The van der Waals surface area contributed by atoms with Gasteiger partial charge in [-0.15, -0.1) is 0 Å². The summed E-state index contributed by atoms with van der Waals surface area (Å²) in [6.45, 7) is 3.24. The molecule has 3 rings (SSSR count). The molecule has 2 N–H and O–H groups in total. The molecule has 3 fully saturated rings. The highest BCUT2D eigenvalue weighted by molar-refractivity contribution is 5.82. The van der Waals surface area contributed by atoms with E-state index in [0.717, 1.165) is 24.8 Å². The average molecular weight is 236 g/mol. The molecule has 2 bridgehead atoms. The normalized spacial score (nSPS) is 44.9. The molecular formula is C14H24N2O. The van der Waals surface area contributed by atoms with E-state index in [1.165, 1.54) is 32.1 Å². The minimum atomic E-state index is 0.0675. The minimum absolute atomic E-state index is 0.0675. The van der Waals surface area contributed by atoms with Crippen LogP contribution in [0.15, 0.2) is 0 Å². The molecule has 0 radical (unpaired) electrons. The Morgan fingerprint density at radius 1 is 1.18 bits per heavy atom. The SMILES string of the molecule is CC1CCNC(C(=O)NC2CC3CCC2C3)C1. The topological polar surface area (TPSA) is 41.1 Å². The van der Waals surface area contributed by atoms with Gasteiger partial charge in [0.2, 0.25) is 5.91 Å². The van der Waals surface area contributed by atoms with Gasteiger partial charge in [-0.05, 0) is 56.4 Å². The van der Waals surface area contributed by atoms with Gasteiger partial charge >= 0.3 is 0 Å². The van der Waals surface area contributed by atoms with Crippen LogP contribution < -0.4 is 10.6 Å². The molecule has 96 valence electrons. The van der Waals surface area contributed by atoms with Crippen molar-refractivity contribution >= 4 is 5.91 Å². The smallest absolute Gasteiger partial charge is 0.237 e. The number of amides is 1. The van der Waals surface area contributed by atoms with Crippen LogP contribution >= 0.6 is 0 Å². The summed E-state index contributed by atoms with van der Waals surface area (Å²) in [5.41, 5.74) is 0. The number of hydrogen-bond donors (Lipinski definition) is 2. The molecule has 2 aliphatic carbocycles. The lowest BCUT2D eigenvalue weighted by Crippen LogP contribution is -2.51. The molecule has 1 aliphatic heterocycles. The molecule has 5 unspecified atom stereocenters. The predicted molar refractivity (Wildman–Crippen MR) is 67.6 cm³/mol. The van der Waals surface area contributed by atoms with Crippen LogP contribution in [-0.2, 0) is 4.79 Å². The number of carbonyl (C=O) groups is 1. The summed E-state index contributed by atoms with van der Waals surface area (Å²) in [7, 11) is 0. The molecule has 0 aromatic carbocycles. The van der Waals surface area contributed by atoms with Crippen molar-refractivity contribution in [3.05, 3.63) is 0 Å². The Labute approximate surface area is 104 Å². The van der Waals surface area contributed by atoms with E-state index in [4.69, 9.17) is 0 Å². The first-order valence-corrected chi connectivity index (χ1v) is 7.26. The monoisotopic (exact) mass is 236 g/mol. The number of rotatable bonds is 2. The summed E-state index contributed by atoms with van der Waals surface area (Å²) in [5.74, 6) is 2.63. The first-order valence-electron chi connectivity index (χ1n) is 7.26. The van der Waals surface area contributed by atoms with Crippen molar-refractivity contribution in [3.8, 4) is 0 Å². The third-order valence-corrected chi connectivity index (χ3v) is 5.05. The van der Waals surface area contributed by atoms with Crippen molar-refractivity contribution in [2.75, 3.05) is 6.54 Å². The number of nitrogens with one attached hydrogen (secondary N) is 2.